The molecule has 0 saturated heterocycles. The number of nitrogens with one attached hydrogen (secondary N) is 2. The Labute approximate surface area is 162 Å². The van der Waals surface area contributed by atoms with Gasteiger partial charge in [-0.3, -0.25) is 9.59 Å². The SMILES string of the molecule is C[C@@H](NC(=O)CCNC(=O)Cc1ccccc1)C12CC3CC(CC(C3)C1)C2. The lowest BCUT2D eigenvalue weighted by molar-refractivity contribution is -0.126. The molecule has 0 heterocycles. The van der Waals surface area contributed by atoms with Crippen molar-refractivity contribution in [3.8, 4) is 0 Å². The van der Waals surface area contributed by atoms with Crippen molar-refractivity contribution in [2.45, 2.75) is 64.3 Å². The van der Waals surface area contributed by atoms with Crippen LogP contribution in [-0.2, 0) is 16.0 Å². The quantitative estimate of drug-likeness (QED) is 0.774. The molecule has 2 amide bonds. The average molecular weight is 369 g/mol. The highest BCUT2D eigenvalue weighted by atomic mass is 16.2. The van der Waals surface area contributed by atoms with Gasteiger partial charge in [-0.25, -0.2) is 0 Å². The maximum Gasteiger partial charge on any atom is 0.224 e. The number of carbonyl (C=O) groups excluding carboxylic acids is 2. The first-order valence-electron chi connectivity index (χ1n) is 10.6. The number of benzene rings is 1. The van der Waals surface area contributed by atoms with Gasteiger partial charge in [0.25, 0.3) is 0 Å². The lowest BCUT2D eigenvalue weighted by atomic mass is 9.48. The van der Waals surface area contributed by atoms with Gasteiger partial charge in [-0.1, -0.05) is 30.3 Å². The molecule has 0 unspecified atom stereocenters. The molecule has 2 N–H and O–H groups in total. The van der Waals surface area contributed by atoms with Crippen LogP contribution in [0.2, 0.25) is 0 Å². The van der Waals surface area contributed by atoms with Crippen LogP contribution >= 0.6 is 0 Å². The fourth-order valence-corrected chi connectivity index (χ4v) is 6.33. The van der Waals surface area contributed by atoms with Crippen molar-refractivity contribution in [1.29, 1.82) is 0 Å². The highest BCUT2D eigenvalue weighted by Crippen LogP contribution is 2.61. The van der Waals surface area contributed by atoms with Crippen LogP contribution in [0.3, 0.4) is 0 Å². The van der Waals surface area contributed by atoms with E-state index in [9.17, 15) is 9.59 Å². The van der Waals surface area contributed by atoms with E-state index in [4.69, 9.17) is 0 Å². The maximum atomic E-state index is 12.4. The summed E-state index contributed by atoms with van der Waals surface area (Å²) in [7, 11) is 0. The second kappa shape index (κ2) is 7.65. The molecule has 4 heteroatoms. The smallest absolute Gasteiger partial charge is 0.224 e. The minimum atomic E-state index is -0.0249. The third kappa shape index (κ3) is 4.20. The summed E-state index contributed by atoms with van der Waals surface area (Å²) in [6.07, 6.45) is 8.90. The van der Waals surface area contributed by atoms with Crippen LogP contribution in [0.1, 0.15) is 57.4 Å². The highest BCUT2D eigenvalue weighted by molar-refractivity contribution is 5.80. The fraction of sp³-hybridized carbons (Fsp3) is 0.652. The Morgan fingerprint density at radius 1 is 1.00 bits per heavy atom. The Morgan fingerprint density at radius 2 is 1.59 bits per heavy atom. The summed E-state index contributed by atoms with van der Waals surface area (Å²) in [6, 6.07) is 9.94. The van der Waals surface area contributed by atoms with E-state index in [-0.39, 0.29) is 17.9 Å². The molecule has 4 bridgehead atoms. The Kier molecular flexibility index (Phi) is 5.25. The summed E-state index contributed by atoms with van der Waals surface area (Å²) in [5.74, 6) is 2.73. The van der Waals surface area contributed by atoms with Crippen LogP contribution in [-0.4, -0.2) is 24.4 Å². The Hall–Kier alpha value is -1.84. The van der Waals surface area contributed by atoms with Crippen LogP contribution in [0, 0.1) is 23.2 Å². The first-order chi connectivity index (χ1) is 13.0. The number of hydrogen-bond acceptors (Lipinski definition) is 2. The third-order valence-corrected chi connectivity index (χ3v) is 7.26. The highest BCUT2D eigenvalue weighted by Gasteiger charge is 2.53. The van der Waals surface area contributed by atoms with Crippen LogP contribution < -0.4 is 10.6 Å². The van der Waals surface area contributed by atoms with Gasteiger partial charge in [-0.15, -0.1) is 0 Å². The number of hydrogen-bond donors (Lipinski definition) is 2. The number of amides is 2. The van der Waals surface area contributed by atoms with Gasteiger partial charge < -0.3 is 10.6 Å². The molecule has 0 aliphatic heterocycles. The zero-order valence-corrected chi connectivity index (χ0v) is 16.4. The molecule has 4 nitrogen and oxygen atoms in total. The zero-order valence-electron chi connectivity index (χ0n) is 16.4. The monoisotopic (exact) mass is 368 g/mol. The van der Waals surface area contributed by atoms with Crippen LogP contribution in [0.5, 0.6) is 0 Å². The molecule has 0 aromatic heterocycles. The van der Waals surface area contributed by atoms with E-state index >= 15 is 0 Å². The van der Waals surface area contributed by atoms with E-state index in [2.05, 4.69) is 17.6 Å². The molecule has 4 fully saturated rings. The normalized spacial score (nSPS) is 32.1. The minimum absolute atomic E-state index is 0.0249. The molecule has 1 aromatic rings. The molecule has 5 rings (SSSR count). The van der Waals surface area contributed by atoms with E-state index < -0.39 is 0 Å². The fourth-order valence-electron chi connectivity index (χ4n) is 6.33. The molecule has 1 aromatic carbocycles. The molecule has 0 spiro atoms. The second-order valence-electron chi connectivity index (χ2n) is 9.33. The van der Waals surface area contributed by atoms with Crippen molar-refractivity contribution >= 4 is 11.8 Å². The first kappa shape index (κ1) is 18.5. The molecule has 0 radical (unpaired) electrons. The van der Waals surface area contributed by atoms with Gasteiger partial charge in [0.1, 0.15) is 0 Å². The van der Waals surface area contributed by atoms with Crippen molar-refractivity contribution in [3.05, 3.63) is 35.9 Å². The molecule has 4 saturated carbocycles. The van der Waals surface area contributed by atoms with Crippen LogP contribution in [0.25, 0.3) is 0 Å². The minimum Gasteiger partial charge on any atom is -0.355 e. The van der Waals surface area contributed by atoms with E-state index in [1.165, 1.54) is 38.5 Å². The van der Waals surface area contributed by atoms with Crippen molar-refractivity contribution in [2.24, 2.45) is 23.2 Å². The summed E-state index contributed by atoms with van der Waals surface area (Å²) < 4.78 is 0. The largest absolute Gasteiger partial charge is 0.355 e. The summed E-state index contributed by atoms with van der Waals surface area (Å²) in [4.78, 5) is 24.4. The standard InChI is InChI=1S/C23H32N2O2/c1-16(23-13-18-9-19(14-23)11-20(10-18)15-23)25-21(26)7-8-24-22(27)12-17-5-3-2-4-6-17/h2-6,16,18-20H,7-15H2,1H3,(H,24,27)(H,25,26)/t16-,18?,19?,20?,23?/m1/s1. The molecule has 1 atom stereocenters. The Bertz CT molecular complexity index is 650. The van der Waals surface area contributed by atoms with Crippen molar-refractivity contribution in [2.75, 3.05) is 6.54 Å². The van der Waals surface area contributed by atoms with Gasteiger partial charge in [0.05, 0.1) is 6.42 Å². The molecular formula is C23H32N2O2. The predicted molar refractivity (Wildman–Crippen MR) is 106 cm³/mol. The van der Waals surface area contributed by atoms with Gasteiger partial charge in [0.2, 0.25) is 11.8 Å². The van der Waals surface area contributed by atoms with Crippen molar-refractivity contribution in [1.82, 2.24) is 10.6 Å². The Balaban J connectivity index is 1.21. The summed E-state index contributed by atoms with van der Waals surface area (Å²) in [5.41, 5.74) is 1.33. The molecule has 146 valence electrons. The van der Waals surface area contributed by atoms with E-state index in [1.807, 2.05) is 30.3 Å². The van der Waals surface area contributed by atoms with Crippen molar-refractivity contribution in [3.63, 3.8) is 0 Å². The molecule has 4 aliphatic carbocycles. The Morgan fingerprint density at radius 3 is 2.19 bits per heavy atom. The molecule has 4 aliphatic rings. The lowest BCUT2D eigenvalue weighted by Gasteiger charge is -2.59. The second-order valence-corrected chi connectivity index (χ2v) is 9.33. The number of carbonyl (C=O) groups is 2. The van der Waals surface area contributed by atoms with Gasteiger partial charge in [-0.2, -0.15) is 0 Å². The summed E-state index contributed by atoms with van der Waals surface area (Å²) >= 11 is 0. The van der Waals surface area contributed by atoms with Gasteiger partial charge in [-0.05, 0) is 74.2 Å². The van der Waals surface area contributed by atoms with E-state index in [0.717, 1.165) is 23.3 Å². The van der Waals surface area contributed by atoms with E-state index in [1.54, 1.807) is 0 Å². The summed E-state index contributed by atoms with van der Waals surface area (Å²) in [6.45, 7) is 2.62. The lowest BCUT2D eigenvalue weighted by Crippen LogP contribution is -2.56. The van der Waals surface area contributed by atoms with Gasteiger partial charge in [0, 0.05) is 19.0 Å². The van der Waals surface area contributed by atoms with Crippen molar-refractivity contribution < 1.29 is 9.59 Å². The number of rotatable bonds is 7. The maximum absolute atomic E-state index is 12.4. The molecular weight excluding hydrogens is 336 g/mol. The molecule has 27 heavy (non-hydrogen) atoms. The first-order valence-corrected chi connectivity index (χ1v) is 10.6. The third-order valence-electron chi connectivity index (χ3n) is 7.26. The average Bonchev–Trinajstić information content (AvgIpc) is 2.61. The summed E-state index contributed by atoms with van der Waals surface area (Å²) in [5, 5.41) is 6.14. The van der Waals surface area contributed by atoms with Gasteiger partial charge >= 0.3 is 0 Å². The van der Waals surface area contributed by atoms with Crippen LogP contribution in [0.15, 0.2) is 30.3 Å². The topological polar surface area (TPSA) is 58.2 Å². The predicted octanol–water partition coefficient (Wildman–Crippen LogP) is 3.46. The van der Waals surface area contributed by atoms with Crippen LogP contribution in [0.4, 0.5) is 0 Å². The van der Waals surface area contributed by atoms with E-state index in [0.29, 0.717) is 24.8 Å². The zero-order chi connectivity index (χ0) is 18.9. The van der Waals surface area contributed by atoms with Gasteiger partial charge in [0.15, 0.2) is 0 Å².